The Kier molecular flexibility index (Phi) is 3.48. The minimum absolute atomic E-state index is 0.658. The van der Waals surface area contributed by atoms with Gasteiger partial charge in [-0.25, -0.2) is 10.0 Å². The number of para-hydroxylation sites is 2. The van der Waals surface area contributed by atoms with Crippen LogP contribution < -0.4 is 25.6 Å². The van der Waals surface area contributed by atoms with Gasteiger partial charge in [0.1, 0.15) is 5.70 Å². The SMILES string of the molecule is CN(C)NC1=C2N=c3cc(Cl)ccc3=C2Oc2ccccc2N1C. The van der Waals surface area contributed by atoms with Crippen LogP contribution in [0.25, 0.3) is 5.76 Å². The molecule has 6 heteroatoms. The zero-order valence-electron chi connectivity index (χ0n) is 13.7. The molecule has 0 atom stereocenters. The monoisotopic (exact) mass is 340 g/mol. The molecular weight excluding hydrogens is 324 g/mol. The number of benzene rings is 2. The van der Waals surface area contributed by atoms with E-state index in [0.717, 1.165) is 39.3 Å². The van der Waals surface area contributed by atoms with E-state index in [0.29, 0.717) is 5.02 Å². The molecule has 2 aliphatic rings. The second-order valence-corrected chi connectivity index (χ2v) is 6.37. The van der Waals surface area contributed by atoms with Gasteiger partial charge in [0.25, 0.3) is 0 Å². The molecule has 0 unspecified atom stereocenters. The maximum atomic E-state index is 6.25. The summed E-state index contributed by atoms with van der Waals surface area (Å²) in [6.45, 7) is 0. The van der Waals surface area contributed by atoms with Gasteiger partial charge in [0.05, 0.1) is 11.0 Å². The summed E-state index contributed by atoms with van der Waals surface area (Å²) in [4.78, 5) is 6.81. The molecule has 122 valence electrons. The van der Waals surface area contributed by atoms with Gasteiger partial charge in [-0.2, -0.15) is 0 Å². The number of anilines is 1. The fourth-order valence-electron chi connectivity index (χ4n) is 2.90. The molecule has 2 aliphatic heterocycles. The second-order valence-electron chi connectivity index (χ2n) is 5.93. The molecule has 0 aromatic heterocycles. The van der Waals surface area contributed by atoms with E-state index in [1.54, 1.807) is 0 Å². The molecule has 0 fully saturated rings. The van der Waals surface area contributed by atoms with Crippen molar-refractivity contribution in [1.82, 2.24) is 10.4 Å². The first-order chi connectivity index (χ1) is 11.5. The quantitative estimate of drug-likeness (QED) is 0.847. The fraction of sp³-hybridized carbons (Fsp3) is 0.167. The Morgan fingerprint density at radius 1 is 1.17 bits per heavy atom. The average Bonchev–Trinajstić information content (AvgIpc) is 2.84. The van der Waals surface area contributed by atoms with Gasteiger partial charge in [-0.15, -0.1) is 0 Å². The summed E-state index contributed by atoms with van der Waals surface area (Å²) in [6.07, 6.45) is 0. The lowest BCUT2D eigenvalue weighted by Crippen LogP contribution is -2.38. The first-order valence-corrected chi connectivity index (χ1v) is 8.00. The van der Waals surface area contributed by atoms with Crippen molar-refractivity contribution in [2.24, 2.45) is 4.99 Å². The van der Waals surface area contributed by atoms with E-state index in [1.165, 1.54) is 0 Å². The van der Waals surface area contributed by atoms with E-state index in [2.05, 4.69) is 10.3 Å². The third kappa shape index (κ3) is 2.33. The number of fused-ring (bicyclic) bond motifs is 3. The van der Waals surface area contributed by atoms with Gasteiger partial charge in [-0.3, -0.25) is 0 Å². The zero-order chi connectivity index (χ0) is 16.8. The van der Waals surface area contributed by atoms with Crippen LogP contribution in [0.4, 0.5) is 5.69 Å². The molecule has 0 radical (unpaired) electrons. The first kappa shape index (κ1) is 15.1. The Morgan fingerprint density at radius 2 is 1.96 bits per heavy atom. The van der Waals surface area contributed by atoms with Crippen LogP contribution in [0.15, 0.2) is 59.0 Å². The van der Waals surface area contributed by atoms with Gasteiger partial charge in [0.15, 0.2) is 17.3 Å². The van der Waals surface area contributed by atoms with E-state index in [4.69, 9.17) is 21.3 Å². The molecule has 1 N–H and O–H groups in total. The number of nitrogens with zero attached hydrogens (tertiary/aromatic N) is 3. The zero-order valence-corrected chi connectivity index (χ0v) is 14.4. The highest BCUT2D eigenvalue weighted by molar-refractivity contribution is 6.30. The minimum Gasteiger partial charge on any atom is -0.452 e. The summed E-state index contributed by atoms with van der Waals surface area (Å²) in [5.74, 6) is 2.39. The van der Waals surface area contributed by atoms with Crippen molar-refractivity contribution in [3.63, 3.8) is 0 Å². The number of rotatable bonds is 2. The van der Waals surface area contributed by atoms with Gasteiger partial charge in [0, 0.05) is 31.4 Å². The third-order valence-corrected chi connectivity index (χ3v) is 4.21. The lowest BCUT2D eigenvalue weighted by atomic mass is 10.2. The van der Waals surface area contributed by atoms with Crippen LogP contribution in [0.5, 0.6) is 5.75 Å². The van der Waals surface area contributed by atoms with Crippen LogP contribution >= 0.6 is 11.6 Å². The van der Waals surface area contributed by atoms with Gasteiger partial charge in [0.2, 0.25) is 0 Å². The van der Waals surface area contributed by atoms with Crippen molar-refractivity contribution in [3.8, 4) is 5.75 Å². The third-order valence-electron chi connectivity index (χ3n) is 3.98. The van der Waals surface area contributed by atoms with E-state index in [9.17, 15) is 0 Å². The number of nitrogens with one attached hydrogen (secondary N) is 1. The molecular formula is C18H17ClN4O. The number of ether oxygens (including phenoxy) is 1. The average molecular weight is 341 g/mol. The topological polar surface area (TPSA) is 40.1 Å². The molecule has 2 aromatic carbocycles. The minimum atomic E-state index is 0.658. The Bertz CT molecular complexity index is 981. The summed E-state index contributed by atoms with van der Waals surface area (Å²) in [5, 5.41) is 4.30. The fourth-order valence-corrected chi connectivity index (χ4v) is 3.07. The summed E-state index contributed by atoms with van der Waals surface area (Å²) < 4.78 is 6.25. The highest BCUT2D eigenvalue weighted by atomic mass is 35.5. The number of hydrogen-bond donors (Lipinski definition) is 1. The van der Waals surface area contributed by atoms with Crippen LogP contribution in [-0.2, 0) is 0 Å². The largest absolute Gasteiger partial charge is 0.452 e. The molecule has 4 rings (SSSR count). The van der Waals surface area contributed by atoms with Crippen molar-refractivity contribution in [2.45, 2.75) is 0 Å². The summed E-state index contributed by atoms with van der Waals surface area (Å²) in [7, 11) is 5.88. The Morgan fingerprint density at radius 3 is 2.75 bits per heavy atom. The lowest BCUT2D eigenvalue weighted by molar-refractivity contribution is 0.322. The number of halogens is 1. The van der Waals surface area contributed by atoms with Crippen molar-refractivity contribution in [3.05, 3.63) is 69.6 Å². The van der Waals surface area contributed by atoms with Crippen LogP contribution in [0.1, 0.15) is 0 Å². The van der Waals surface area contributed by atoms with Crippen molar-refractivity contribution < 1.29 is 4.74 Å². The van der Waals surface area contributed by atoms with Crippen molar-refractivity contribution in [1.29, 1.82) is 0 Å². The van der Waals surface area contributed by atoms with Crippen LogP contribution in [0, 0.1) is 0 Å². The van der Waals surface area contributed by atoms with Crippen molar-refractivity contribution >= 4 is 23.0 Å². The first-order valence-electron chi connectivity index (χ1n) is 7.62. The standard InChI is InChI=1S/C18H17ClN4O/c1-22(2)21-18-16-17(12-9-8-11(19)10-13(12)20-16)24-15-7-5-4-6-14(15)23(18)3/h4-10,21H,1-3H3. The van der Waals surface area contributed by atoms with Gasteiger partial charge in [-0.1, -0.05) is 23.7 Å². The Balaban J connectivity index is 2.04. The molecule has 0 saturated heterocycles. The van der Waals surface area contributed by atoms with E-state index in [1.807, 2.05) is 68.6 Å². The molecule has 0 spiro atoms. The van der Waals surface area contributed by atoms with E-state index >= 15 is 0 Å². The Labute approximate surface area is 145 Å². The van der Waals surface area contributed by atoms with E-state index in [-0.39, 0.29) is 0 Å². The highest BCUT2D eigenvalue weighted by Crippen LogP contribution is 2.37. The van der Waals surface area contributed by atoms with Crippen LogP contribution in [0.3, 0.4) is 0 Å². The van der Waals surface area contributed by atoms with Gasteiger partial charge >= 0.3 is 0 Å². The molecule has 5 nitrogen and oxygen atoms in total. The highest BCUT2D eigenvalue weighted by Gasteiger charge is 2.28. The molecule has 2 aromatic rings. The normalized spacial score (nSPS) is 15.4. The maximum Gasteiger partial charge on any atom is 0.166 e. The molecule has 2 heterocycles. The van der Waals surface area contributed by atoms with Crippen LogP contribution in [-0.4, -0.2) is 26.2 Å². The molecule has 0 bridgehead atoms. The Hall–Kier alpha value is -2.50. The lowest BCUT2D eigenvalue weighted by Gasteiger charge is -2.26. The maximum absolute atomic E-state index is 6.25. The summed E-state index contributed by atoms with van der Waals surface area (Å²) >= 11 is 6.12. The van der Waals surface area contributed by atoms with Crippen molar-refractivity contribution in [2.75, 3.05) is 26.0 Å². The predicted molar refractivity (Wildman–Crippen MR) is 95.0 cm³/mol. The smallest absolute Gasteiger partial charge is 0.166 e. The molecule has 0 saturated carbocycles. The summed E-state index contributed by atoms with van der Waals surface area (Å²) in [5.41, 5.74) is 5.08. The van der Waals surface area contributed by atoms with Crippen LogP contribution in [0.2, 0.25) is 5.02 Å². The van der Waals surface area contributed by atoms with Gasteiger partial charge < -0.3 is 15.1 Å². The number of hydrazine groups is 1. The van der Waals surface area contributed by atoms with Gasteiger partial charge in [-0.05, 0) is 30.3 Å². The summed E-state index contributed by atoms with van der Waals surface area (Å²) in [6, 6.07) is 13.6. The molecule has 0 aliphatic carbocycles. The predicted octanol–water partition coefficient (Wildman–Crippen LogP) is 1.85. The molecule has 24 heavy (non-hydrogen) atoms. The molecule has 0 amide bonds. The second kappa shape index (κ2) is 5.54. The van der Waals surface area contributed by atoms with E-state index < -0.39 is 0 Å². The number of hydrogen-bond acceptors (Lipinski definition) is 5.